The second-order valence-corrected chi connectivity index (χ2v) is 4.34. The molecule has 0 atom stereocenters. The van der Waals surface area contributed by atoms with Crippen molar-refractivity contribution in [1.29, 1.82) is 0 Å². The number of nitrogens with two attached hydrogens (primary N) is 1. The lowest BCUT2D eigenvalue weighted by molar-refractivity contribution is 1.13. The van der Waals surface area contributed by atoms with Crippen LogP contribution in [0.5, 0.6) is 0 Å². The summed E-state index contributed by atoms with van der Waals surface area (Å²) in [6.07, 6.45) is 5.38. The van der Waals surface area contributed by atoms with Gasteiger partial charge in [-0.1, -0.05) is 0 Å². The van der Waals surface area contributed by atoms with Gasteiger partial charge in [0.05, 0.1) is 5.52 Å². The summed E-state index contributed by atoms with van der Waals surface area (Å²) in [4.78, 5) is 8.34. The lowest BCUT2D eigenvalue weighted by Gasteiger charge is -2.09. The summed E-state index contributed by atoms with van der Waals surface area (Å²) in [6.45, 7) is 0.756. The van der Waals surface area contributed by atoms with Gasteiger partial charge in [-0.05, 0) is 42.0 Å². The summed E-state index contributed by atoms with van der Waals surface area (Å²) < 4.78 is 0. The molecule has 0 aliphatic carbocycles. The monoisotopic (exact) mass is 250 g/mol. The van der Waals surface area contributed by atoms with Crippen molar-refractivity contribution in [1.82, 2.24) is 9.97 Å². The maximum absolute atomic E-state index is 5.77. The summed E-state index contributed by atoms with van der Waals surface area (Å²) in [6, 6.07) is 11.7. The number of pyridine rings is 2. The predicted octanol–water partition coefficient (Wildman–Crippen LogP) is 2.82. The van der Waals surface area contributed by atoms with E-state index < -0.39 is 0 Å². The molecule has 0 aliphatic rings. The van der Waals surface area contributed by atoms with Crippen molar-refractivity contribution in [3.63, 3.8) is 0 Å². The van der Waals surface area contributed by atoms with E-state index in [9.17, 15) is 0 Å². The maximum atomic E-state index is 5.77. The van der Waals surface area contributed by atoms with Gasteiger partial charge in [0.2, 0.25) is 0 Å². The number of hydrogen-bond donors (Lipinski definition) is 2. The Morgan fingerprint density at radius 1 is 1.00 bits per heavy atom. The summed E-state index contributed by atoms with van der Waals surface area (Å²) in [5.74, 6) is 0. The predicted molar refractivity (Wildman–Crippen MR) is 77.7 cm³/mol. The molecule has 3 rings (SSSR count). The molecule has 0 saturated carbocycles. The topological polar surface area (TPSA) is 63.8 Å². The zero-order valence-electron chi connectivity index (χ0n) is 10.4. The molecule has 4 nitrogen and oxygen atoms in total. The van der Waals surface area contributed by atoms with Gasteiger partial charge in [-0.2, -0.15) is 0 Å². The van der Waals surface area contributed by atoms with E-state index in [0.717, 1.165) is 28.8 Å². The Morgan fingerprint density at radius 3 is 2.68 bits per heavy atom. The van der Waals surface area contributed by atoms with Crippen molar-refractivity contribution in [3.8, 4) is 0 Å². The highest BCUT2D eigenvalue weighted by molar-refractivity contribution is 5.92. The highest BCUT2D eigenvalue weighted by Gasteiger charge is 2.02. The molecular weight excluding hydrogens is 236 g/mol. The van der Waals surface area contributed by atoms with Crippen LogP contribution in [-0.2, 0) is 6.54 Å². The van der Waals surface area contributed by atoms with Crippen molar-refractivity contribution in [2.24, 2.45) is 0 Å². The molecule has 2 aromatic heterocycles. The quantitative estimate of drug-likeness (QED) is 0.702. The third-order valence-corrected chi connectivity index (χ3v) is 3.00. The molecule has 1 aromatic carbocycles. The number of aromatic nitrogens is 2. The fourth-order valence-electron chi connectivity index (χ4n) is 2.02. The Balaban J connectivity index is 1.89. The molecule has 2 heterocycles. The maximum Gasteiger partial charge on any atom is 0.0743 e. The number of rotatable bonds is 3. The molecule has 94 valence electrons. The minimum absolute atomic E-state index is 0.728. The van der Waals surface area contributed by atoms with Crippen LogP contribution in [0.15, 0.2) is 55.0 Å². The first-order valence-electron chi connectivity index (χ1n) is 6.10. The third-order valence-electron chi connectivity index (χ3n) is 3.00. The molecule has 19 heavy (non-hydrogen) atoms. The molecule has 4 heteroatoms. The van der Waals surface area contributed by atoms with Crippen molar-refractivity contribution in [2.45, 2.75) is 6.54 Å². The number of benzene rings is 1. The first kappa shape index (κ1) is 11.5. The first-order chi connectivity index (χ1) is 9.33. The van der Waals surface area contributed by atoms with Crippen LogP contribution in [-0.4, -0.2) is 9.97 Å². The normalized spacial score (nSPS) is 10.5. The van der Waals surface area contributed by atoms with E-state index in [1.807, 2.05) is 36.4 Å². The molecule has 3 aromatic rings. The summed E-state index contributed by atoms with van der Waals surface area (Å²) in [7, 11) is 0. The lowest BCUT2D eigenvalue weighted by Crippen LogP contribution is -2.00. The molecule has 0 unspecified atom stereocenters. The van der Waals surface area contributed by atoms with E-state index in [1.165, 1.54) is 5.56 Å². The van der Waals surface area contributed by atoms with E-state index in [0.29, 0.717) is 0 Å². The average molecular weight is 250 g/mol. The third kappa shape index (κ3) is 2.47. The van der Waals surface area contributed by atoms with Gasteiger partial charge in [-0.15, -0.1) is 0 Å². The van der Waals surface area contributed by atoms with Crippen LogP contribution >= 0.6 is 0 Å². The summed E-state index contributed by atoms with van der Waals surface area (Å²) in [5, 5.41) is 4.49. The van der Waals surface area contributed by atoms with Crippen molar-refractivity contribution >= 4 is 22.3 Å². The molecule has 0 bridgehead atoms. The Kier molecular flexibility index (Phi) is 2.98. The number of nitrogens with zero attached hydrogens (tertiary/aromatic N) is 2. The van der Waals surface area contributed by atoms with Crippen molar-refractivity contribution in [3.05, 3.63) is 60.6 Å². The smallest absolute Gasteiger partial charge is 0.0743 e. The minimum Gasteiger partial charge on any atom is -0.399 e. The molecular formula is C15H14N4. The highest BCUT2D eigenvalue weighted by atomic mass is 14.9. The number of anilines is 2. The van der Waals surface area contributed by atoms with Gasteiger partial charge in [0.1, 0.15) is 0 Å². The van der Waals surface area contributed by atoms with Crippen molar-refractivity contribution in [2.75, 3.05) is 11.1 Å². The minimum atomic E-state index is 0.728. The second-order valence-electron chi connectivity index (χ2n) is 4.34. The van der Waals surface area contributed by atoms with Gasteiger partial charge in [0.25, 0.3) is 0 Å². The molecule has 0 fully saturated rings. The van der Waals surface area contributed by atoms with E-state index >= 15 is 0 Å². The highest BCUT2D eigenvalue weighted by Crippen LogP contribution is 2.23. The number of fused-ring (bicyclic) bond motifs is 1. The molecule has 3 N–H and O–H groups in total. The lowest BCUT2D eigenvalue weighted by atomic mass is 10.1. The van der Waals surface area contributed by atoms with Gasteiger partial charge in [0.15, 0.2) is 0 Å². The van der Waals surface area contributed by atoms with Crippen LogP contribution in [0.1, 0.15) is 5.56 Å². The SMILES string of the molecule is Nc1ccc2c(NCc3ccncc3)ccnc2c1. The van der Waals surface area contributed by atoms with E-state index in [2.05, 4.69) is 15.3 Å². The van der Waals surface area contributed by atoms with Crippen LogP contribution in [0, 0.1) is 0 Å². The zero-order chi connectivity index (χ0) is 13.1. The zero-order valence-corrected chi connectivity index (χ0v) is 10.4. The average Bonchev–Trinajstić information content (AvgIpc) is 2.45. The van der Waals surface area contributed by atoms with Gasteiger partial charge < -0.3 is 11.1 Å². The second kappa shape index (κ2) is 4.94. The number of nitrogen functional groups attached to an aromatic ring is 1. The number of nitrogens with one attached hydrogen (secondary N) is 1. The largest absolute Gasteiger partial charge is 0.399 e. The molecule has 0 saturated heterocycles. The first-order valence-corrected chi connectivity index (χ1v) is 6.10. The van der Waals surface area contributed by atoms with Crippen LogP contribution < -0.4 is 11.1 Å². The van der Waals surface area contributed by atoms with E-state index in [4.69, 9.17) is 5.73 Å². The Morgan fingerprint density at radius 2 is 1.84 bits per heavy atom. The van der Waals surface area contributed by atoms with Crippen LogP contribution in [0.3, 0.4) is 0 Å². The summed E-state index contributed by atoms with van der Waals surface area (Å²) >= 11 is 0. The molecule has 0 radical (unpaired) electrons. The van der Waals surface area contributed by atoms with Gasteiger partial charge in [0, 0.05) is 41.9 Å². The Bertz CT molecular complexity index is 695. The molecule has 0 amide bonds. The van der Waals surface area contributed by atoms with E-state index in [1.54, 1.807) is 18.6 Å². The Labute approximate surface area is 111 Å². The number of hydrogen-bond acceptors (Lipinski definition) is 4. The summed E-state index contributed by atoms with van der Waals surface area (Å²) in [5.41, 5.74) is 9.65. The Hall–Kier alpha value is -2.62. The fourth-order valence-corrected chi connectivity index (χ4v) is 2.02. The van der Waals surface area contributed by atoms with Crippen LogP contribution in [0.4, 0.5) is 11.4 Å². The van der Waals surface area contributed by atoms with Gasteiger partial charge in [-0.25, -0.2) is 0 Å². The van der Waals surface area contributed by atoms with Crippen LogP contribution in [0.25, 0.3) is 10.9 Å². The van der Waals surface area contributed by atoms with Crippen molar-refractivity contribution < 1.29 is 0 Å². The molecule has 0 spiro atoms. The van der Waals surface area contributed by atoms with Crippen LogP contribution in [0.2, 0.25) is 0 Å². The van der Waals surface area contributed by atoms with Gasteiger partial charge in [-0.3, -0.25) is 9.97 Å². The fraction of sp³-hybridized carbons (Fsp3) is 0.0667. The standard InChI is InChI=1S/C15H14N4/c16-12-1-2-13-14(5-8-18-15(13)9-12)19-10-11-3-6-17-7-4-11/h1-9H,10,16H2,(H,18,19). The van der Waals surface area contributed by atoms with Gasteiger partial charge >= 0.3 is 0 Å². The van der Waals surface area contributed by atoms with E-state index in [-0.39, 0.29) is 0 Å². The molecule has 0 aliphatic heterocycles.